The van der Waals surface area contributed by atoms with Gasteiger partial charge in [0.05, 0.1) is 24.5 Å². The molecule has 0 atom stereocenters. The van der Waals surface area contributed by atoms with Gasteiger partial charge in [-0.05, 0) is 30.3 Å². The summed E-state index contributed by atoms with van der Waals surface area (Å²) in [7, 11) is 0. The number of benzene rings is 1. The summed E-state index contributed by atoms with van der Waals surface area (Å²) in [4.78, 5) is 8.68. The highest BCUT2D eigenvalue weighted by molar-refractivity contribution is 5.65. The number of nitrogens with one attached hydrogen (secondary N) is 1. The fourth-order valence-electron chi connectivity index (χ4n) is 3.09. The highest BCUT2D eigenvalue weighted by atomic mass is 16.5. The van der Waals surface area contributed by atoms with Crippen LogP contribution in [-0.2, 0) is 4.74 Å². The number of pyridine rings is 1. The van der Waals surface area contributed by atoms with Crippen LogP contribution in [0.3, 0.4) is 0 Å². The van der Waals surface area contributed by atoms with Gasteiger partial charge in [-0.1, -0.05) is 0 Å². The van der Waals surface area contributed by atoms with E-state index in [0.717, 1.165) is 18.4 Å². The van der Waals surface area contributed by atoms with E-state index in [1.54, 1.807) is 36.5 Å². The average Bonchev–Trinajstić information content (AvgIpc) is 2.75. The number of hydrogen-bond acceptors (Lipinski definition) is 7. The number of hydrogen-bond donors (Lipinski definition) is 1. The lowest BCUT2D eigenvalue weighted by Gasteiger charge is -2.23. The molecule has 0 amide bonds. The zero-order valence-corrected chi connectivity index (χ0v) is 15.6. The Balaban J connectivity index is 1.55. The van der Waals surface area contributed by atoms with Crippen molar-refractivity contribution in [2.45, 2.75) is 18.9 Å². The van der Waals surface area contributed by atoms with E-state index >= 15 is 0 Å². The van der Waals surface area contributed by atoms with E-state index in [-0.39, 0.29) is 6.10 Å². The third-order valence-corrected chi connectivity index (χ3v) is 4.54. The monoisotopic (exact) mass is 389 g/mol. The van der Waals surface area contributed by atoms with Gasteiger partial charge in [-0.3, -0.25) is 0 Å². The van der Waals surface area contributed by atoms with Crippen LogP contribution < -0.4 is 14.8 Å². The van der Waals surface area contributed by atoms with E-state index in [0.29, 0.717) is 46.6 Å². The van der Waals surface area contributed by atoms with Crippen LogP contribution in [0.2, 0.25) is 0 Å². The molecule has 1 aliphatic rings. The molecule has 146 valence electrons. The summed E-state index contributed by atoms with van der Waals surface area (Å²) in [5, 5.41) is 24.0. The summed E-state index contributed by atoms with van der Waals surface area (Å²) in [6.07, 6.45) is 6.11. The molecule has 2 aromatic heterocycles. The Morgan fingerprint density at radius 1 is 1.24 bits per heavy atom. The molecule has 29 heavy (non-hydrogen) atoms. The van der Waals surface area contributed by atoms with Crippen LogP contribution in [0, 0.1) is 16.5 Å². The molecular weight excluding hydrogens is 370 g/mol. The van der Waals surface area contributed by atoms with E-state index in [1.165, 1.54) is 12.4 Å². The first kappa shape index (κ1) is 18.7. The molecule has 8 nitrogen and oxygen atoms in total. The number of anilines is 2. The van der Waals surface area contributed by atoms with Crippen molar-refractivity contribution >= 4 is 11.6 Å². The third kappa shape index (κ3) is 4.59. The second-order valence-corrected chi connectivity index (χ2v) is 6.60. The van der Waals surface area contributed by atoms with Crippen molar-refractivity contribution in [2.24, 2.45) is 0 Å². The molecule has 0 aliphatic carbocycles. The molecule has 8 heteroatoms. The van der Waals surface area contributed by atoms with Crippen LogP contribution in [0.25, 0.3) is 11.3 Å². The van der Waals surface area contributed by atoms with Gasteiger partial charge in [0, 0.05) is 30.7 Å². The Morgan fingerprint density at radius 3 is 2.90 bits per heavy atom. The van der Waals surface area contributed by atoms with Gasteiger partial charge in [-0.25, -0.2) is 9.97 Å². The largest absolute Gasteiger partial charge is 0.619 e. The first-order valence-electron chi connectivity index (χ1n) is 9.29. The molecule has 1 aromatic carbocycles. The average molecular weight is 389 g/mol. The minimum absolute atomic E-state index is 0.0613. The van der Waals surface area contributed by atoms with Crippen molar-refractivity contribution < 1.29 is 14.2 Å². The first-order valence-corrected chi connectivity index (χ1v) is 9.29. The van der Waals surface area contributed by atoms with E-state index in [2.05, 4.69) is 21.4 Å². The summed E-state index contributed by atoms with van der Waals surface area (Å²) in [5.41, 5.74) is 2.47. The highest BCUT2D eigenvalue weighted by Gasteiger charge is 2.17. The Morgan fingerprint density at radius 2 is 2.10 bits per heavy atom. The van der Waals surface area contributed by atoms with Crippen LogP contribution in [0.5, 0.6) is 5.75 Å². The number of rotatable bonds is 5. The Kier molecular flexibility index (Phi) is 5.49. The molecule has 0 spiro atoms. The SMILES string of the molecule is N#Cc1cc(-c2ccnc(Nc3ccc[n+]([O-])c3)n2)ccc1OC1CCOCC1. The molecule has 1 saturated heterocycles. The van der Waals surface area contributed by atoms with Gasteiger partial charge in [-0.2, -0.15) is 9.99 Å². The molecule has 0 bridgehead atoms. The summed E-state index contributed by atoms with van der Waals surface area (Å²) in [6.45, 7) is 1.35. The van der Waals surface area contributed by atoms with Gasteiger partial charge in [-0.15, -0.1) is 0 Å². The number of nitriles is 1. The van der Waals surface area contributed by atoms with Crippen molar-refractivity contribution in [1.82, 2.24) is 9.97 Å². The molecule has 0 saturated carbocycles. The van der Waals surface area contributed by atoms with Crippen molar-refractivity contribution in [1.29, 1.82) is 5.26 Å². The fraction of sp³-hybridized carbons (Fsp3) is 0.238. The minimum Gasteiger partial charge on any atom is -0.619 e. The molecule has 1 aliphatic heterocycles. The standard InChI is InChI=1S/C21H19N5O3/c22-13-16-12-15(3-4-20(16)29-18-6-10-28-11-7-18)19-5-8-23-21(25-19)24-17-2-1-9-26(27)14-17/h1-5,8-9,12,14,18H,6-7,10-11H2,(H,23,24,25). The van der Waals surface area contributed by atoms with Crippen LogP contribution in [0.15, 0.2) is 55.0 Å². The Bertz CT molecular complexity index is 1040. The van der Waals surface area contributed by atoms with Crippen LogP contribution in [0.1, 0.15) is 18.4 Å². The lowest BCUT2D eigenvalue weighted by Crippen LogP contribution is -2.26. The third-order valence-electron chi connectivity index (χ3n) is 4.54. The molecular formula is C21H19N5O3. The van der Waals surface area contributed by atoms with Crippen LogP contribution in [0.4, 0.5) is 11.6 Å². The second kappa shape index (κ2) is 8.54. The number of aromatic nitrogens is 3. The Labute approximate surface area is 168 Å². The quantitative estimate of drug-likeness (QED) is 0.528. The second-order valence-electron chi connectivity index (χ2n) is 6.60. The predicted molar refractivity (Wildman–Crippen MR) is 105 cm³/mol. The maximum absolute atomic E-state index is 11.4. The zero-order valence-electron chi connectivity index (χ0n) is 15.6. The maximum atomic E-state index is 11.4. The van der Waals surface area contributed by atoms with Gasteiger partial charge >= 0.3 is 0 Å². The molecule has 3 heterocycles. The topological polar surface area (TPSA) is 107 Å². The summed E-state index contributed by atoms with van der Waals surface area (Å²) in [5.74, 6) is 0.926. The molecule has 1 N–H and O–H groups in total. The lowest BCUT2D eigenvalue weighted by molar-refractivity contribution is -0.604. The van der Waals surface area contributed by atoms with E-state index in [1.807, 2.05) is 6.07 Å². The predicted octanol–water partition coefficient (Wildman–Crippen LogP) is 2.95. The van der Waals surface area contributed by atoms with Crippen LogP contribution >= 0.6 is 0 Å². The van der Waals surface area contributed by atoms with Crippen LogP contribution in [-0.4, -0.2) is 29.3 Å². The number of ether oxygens (including phenoxy) is 2. The van der Waals surface area contributed by atoms with E-state index < -0.39 is 0 Å². The van der Waals surface area contributed by atoms with Crippen molar-refractivity contribution in [3.8, 4) is 23.1 Å². The molecule has 0 unspecified atom stereocenters. The maximum Gasteiger partial charge on any atom is 0.227 e. The van der Waals surface area contributed by atoms with Gasteiger partial charge in [0.1, 0.15) is 23.6 Å². The van der Waals surface area contributed by atoms with Crippen molar-refractivity contribution in [3.63, 3.8) is 0 Å². The smallest absolute Gasteiger partial charge is 0.227 e. The minimum atomic E-state index is 0.0613. The first-order chi connectivity index (χ1) is 14.2. The van der Waals surface area contributed by atoms with Gasteiger partial charge in [0.2, 0.25) is 12.1 Å². The normalized spacial score (nSPS) is 14.2. The zero-order chi connectivity index (χ0) is 20.1. The number of nitrogens with zero attached hydrogens (tertiary/aromatic N) is 4. The molecule has 1 fully saturated rings. The Hall–Kier alpha value is -3.70. The van der Waals surface area contributed by atoms with Crippen molar-refractivity contribution in [2.75, 3.05) is 18.5 Å². The molecule has 0 radical (unpaired) electrons. The fourth-order valence-corrected chi connectivity index (χ4v) is 3.09. The van der Waals surface area contributed by atoms with Crippen molar-refractivity contribution in [3.05, 3.63) is 65.8 Å². The summed E-state index contributed by atoms with van der Waals surface area (Å²) < 4.78 is 12.0. The van der Waals surface area contributed by atoms with E-state index in [9.17, 15) is 10.5 Å². The molecule has 3 aromatic rings. The summed E-state index contributed by atoms with van der Waals surface area (Å²) in [6, 6.07) is 12.8. The van der Waals surface area contributed by atoms with Gasteiger partial charge in [0.25, 0.3) is 0 Å². The van der Waals surface area contributed by atoms with Gasteiger partial charge < -0.3 is 20.0 Å². The van der Waals surface area contributed by atoms with E-state index in [4.69, 9.17) is 9.47 Å². The lowest BCUT2D eigenvalue weighted by atomic mass is 10.1. The van der Waals surface area contributed by atoms with Gasteiger partial charge in [0.15, 0.2) is 6.20 Å². The summed E-state index contributed by atoms with van der Waals surface area (Å²) >= 11 is 0. The highest BCUT2D eigenvalue weighted by Crippen LogP contribution is 2.28. The molecule has 4 rings (SSSR count).